The Bertz CT molecular complexity index is 595. The van der Waals surface area contributed by atoms with E-state index in [1.54, 1.807) is 0 Å². The van der Waals surface area contributed by atoms with Gasteiger partial charge in [0.15, 0.2) is 12.6 Å². The fourth-order valence-electron chi connectivity index (χ4n) is 3.43. The van der Waals surface area contributed by atoms with Crippen molar-refractivity contribution in [2.45, 2.75) is 58.2 Å². The van der Waals surface area contributed by atoms with Crippen molar-refractivity contribution in [1.82, 2.24) is 4.90 Å². The molecule has 2 N–H and O–H groups in total. The number of rotatable bonds is 5. The number of quaternary nitrogens is 1. The number of halogens is 1. The summed E-state index contributed by atoms with van der Waals surface area (Å²) in [5.74, 6) is -0.431. The molecule has 0 aliphatic carbocycles. The van der Waals surface area contributed by atoms with Gasteiger partial charge in [0.25, 0.3) is 11.8 Å². The molecule has 138 valence electrons. The number of nitrogens with one attached hydrogen (secondary N) is 2. The van der Waals surface area contributed by atoms with E-state index in [2.05, 4.69) is 19.2 Å². The van der Waals surface area contributed by atoms with Gasteiger partial charge in [-0.1, -0.05) is 0 Å². The Labute approximate surface area is 149 Å². The fraction of sp³-hybridized carbons (Fsp3) is 0.579. The summed E-state index contributed by atoms with van der Waals surface area (Å²) in [7, 11) is 1.85. The molecule has 0 bridgehead atoms. The van der Waals surface area contributed by atoms with Crippen LogP contribution in [0.25, 0.3) is 0 Å². The predicted molar refractivity (Wildman–Crippen MR) is 95.9 cm³/mol. The molecule has 0 spiro atoms. The number of nitrogens with zero attached hydrogens (tertiary/aromatic N) is 1. The molecule has 1 aromatic rings. The molecule has 2 rings (SSSR count). The summed E-state index contributed by atoms with van der Waals surface area (Å²) < 4.78 is 12.9. The first kappa shape index (κ1) is 19.4. The van der Waals surface area contributed by atoms with E-state index in [1.807, 2.05) is 18.9 Å². The number of amides is 2. The second-order valence-electron chi connectivity index (χ2n) is 7.17. The van der Waals surface area contributed by atoms with Crippen molar-refractivity contribution in [3.8, 4) is 0 Å². The molecule has 6 heteroatoms. The number of anilines is 1. The Morgan fingerprint density at radius 1 is 1.24 bits per heavy atom. The van der Waals surface area contributed by atoms with Gasteiger partial charge in [0.05, 0.1) is 7.05 Å². The molecule has 0 radical (unpaired) electrons. The van der Waals surface area contributed by atoms with Crippen molar-refractivity contribution in [1.29, 1.82) is 0 Å². The molecule has 1 aliphatic heterocycles. The summed E-state index contributed by atoms with van der Waals surface area (Å²) in [6.07, 6.45) is 3.23. The van der Waals surface area contributed by atoms with Crippen LogP contribution in [0.2, 0.25) is 0 Å². The average molecular weight is 350 g/mol. The van der Waals surface area contributed by atoms with Gasteiger partial charge in [-0.05, 0) is 64.3 Å². The number of hydrogen-bond acceptors (Lipinski definition) is 2. The van der Waals surface area contributed by atoms with Crippen molar-refractivity contribution < 1.29 is 18.9 Å². The van der Waals surface area contributed by atoms with Gasteiger partial charge < -0.3 is 15.1 Å². The Kier molecular flexibility index (Phi) is 6.53. The summed E-state index contributed by atoms with van der Waals surface area (Å²) in [5, 5.41) is 2.74. The Balaban J connectivity index is 1.92. The molecule has 0 aromatic heterocycles. The second-order valence-corrected chi connectivity index (χ2v) is 7.17. The zero-order chi connectivity index (χ0) is 18.6. The molecular formula is C19H29FN3O2+. The van der Waals surface area contributed by atoms with Crippen molar-refractivity contribution >= 4 is 17.5 Å². The lowest BCUT2D eigenvalue weighted by Gasteiger charge is -2.40. The molecule has 1 unspecified atom stereocenters. The number of likely N-dealkylation sites (N-methyl/N-ethyl adjacent to an activating group) is 1. The van der Waals surface area contributed by atoms with Crippen molar-refractivity contribution in [2.24, 2.45) is 0 Å². The molecular weight excluding hydrogens is 321 g/mol. The molecule has 1 saturated heterocycles. The zero-order valence-electron chi connectivity index (χ0n) is 15.5. The van der Waals surface area contributed by atoms with Crippen LogP contribution in [0.4, 0.5) is 10.1 Å². The molecule has 2 amide bonds. The lowest BCUT2D eigenvalue weighted by Crippen LogP contribution is -3.15. The lowest BCUT2D eigenvalue weighted by atomic mass is 9.96. The minimum absolute atomic E-state index is 0.104. The standard InChI is InChI=1S/C19H28FN3O2/c1-13-6-5-7-14(2)23(13)19(25)15(3)22(4)12-18(24)21-17-10-8-16(20)9-11-17/h8-11,13-15H,5-7,12H2,1-4H3,(H,21,24)/p+1/t13-,14-,15+/m0/s1. The maximum atomic E-state index is 12.9. The van der Waals surface area contributed by atoms with Gasteiger partial charge in [0.2, 0.25) is 0 Å². The van der Waals surface area contributed by atoms with Crippen LogP contribution in [0.15, 0.2) is 24.3 Å². The van der Waals surface area contributed by atoms with Crippen molar-refractivity contribution in [3.05, 3.63) is 30.1 Å². The van der Waals surface area contributed by atoms with E-state index in [-0.39, 0.29) is 42.3 Å². The molecule has 4 atom stereocenters. The van der Waals surface area contributed by atoms with E-state index >= 15 is 0 Å². The van der Waals surface area contributed by atoms with Gasteiger partial charge in [-0.15, -0.1) is 0 Å². The number of benzene rings is 1. The van der Waals surface area contributed by atoms with E-state index in [1.165, 1.54) is 24.3 Å². The Morgan fingerprint density at radius 2 is 1.80 bits per heavy atom. The quantitative estimate of drug-likeness (QED) is 0.845. The fourth-order valence-corrected chi connectivity index (χ4v) is 3.43. The van der Waals surface area contributed by atoms with Crippen LogP contribution in [0.1, 0.15) is 40.0 Å². The van der Waals surface area contributed by atoms with E-state index in [9.17, 15) is 14.0 Å². The first-order chi connectivity index (χ1) is 11.8. The second kappa shape index (κ2) is 8.43. The third-order valence-electron chi connectivity index (χ3n) is 5.13. The topological polar surface area (TPSA) is 53.9 Å². The normalized spacial score (nSPS) is 23.0. The average Bonchev–Trinajstić information content (AvgIpc) is 2.55. The minimum Gasteiger partial charge on any atom is -0.332 e. The highest BCUT2D eigenvalue weighted by molar-refractivity contribution is 5.91. The Hall–Kier alpha value is -1.95. The monoisotopic (exact) mass is 350 g/mol. The predicted octanol–water partition coefficient (Wildman–Crippen LogP) is 1.46. The summed E-state index contributed by atoms with van der Waals surface area (Å²) in [6, 6.07) is 5.86. The number of hydrogen-bond donors (Lipinski definition) is 2. The maximum Gasteiger partial charge on any atom is 0.281 e. The van der Waals surface area contributed by atoms with Gasteiger partial charge in [0, 0.05) is 17.8 Å². The molecule has 0 saturated carbocycles. The third kappa shape index (κ3) is 5.01. The van der Waals surface area contributed by atoms with Gasteiger partial charge in [0.1, 0.15) is 5.82 Å². The van der Waals surface area contributed by atoms with E-state index in [0.29, 0.717) is 5.69 Å². The summed E-state index contributed by atoms with van der Waals surface area (Å²) in [5.41, 5.74) is 0.552. The first-order valence-electron chi connectivity index (χ1n) is 8.99. The smallest absolute Gasteiger partial charge is 0.281 e. The molecule has 1 aliphatic rings. The summed E-state index contributed by atoms with van der Waals surface area (Å²) in [6.45, 7) is 6.24. The number of carbonyl (C=O) groups is 2. The summed E-state index contributed by atoms with van der Waals surface area (Å²) >= 11 is 0. The highest BCUT2D eigenvalue weighted by Crippen LogP contribution is 2.22. The molecule has 1 aromatic carbocycles. The highest BCUT2D eigenvalue weighted by Gasteiger charge is 2.35. The maximum absolute atomic E-state index is 12.9. The molecule has 1 heterocycles. The van der Waals surface area contributed by atoms with Crippen LogP contribution < -0.4 is 10.2 Å². The SMILES string of the molecule is C[C@H](C(=O)N1[C@@H](C)CCC[C@@H]1C)[NH+](C)CC(=O)Nc1ccc(F)cc1. The largest absolute Gasteiger partial charge is 0.332 e. The van der Waals surface area contributed by atoms with Crippen molar-refractivity contribution in [3.63, 3.8) is 0 Å². The highest BCUT2D eigenvalue weighted by atomic mass is 19.1. The van der Waals surface area contributed by atoms with Gasteiger partial charge in [-0.2, -0.15) is 0 Å². The van der Waals surface area contributed by atoms with Crippen LogP contribution in [0.3, 0.4) is 0 Å². The van der Waals surface area contributed by atoms with Crippen LogP contribution in [0, 0.1) is 5.82 Å². The first-order valence-corrected chi connectivity index (χ1v) is 8.99. The van der Waals surface area contributed by atoms with E-state index < -0.39 is 0 Å². The van der Waals surface area contributed by atoms with E-state index in [0.717, 1.165) is 24.2 Å². The Morgan fingerprint density at radius 3 is 2.36 bits per heavy atom. The van der Waals surface area contributed by atoms with Crippen LogP contribution in [0.5, 0.6) is 0 Å². The molecule has 25 heavy (non-hydrogen) atoms. The molecule has 5 nitrogen and oxygen atoms in total. The van der Waals surface area contributed by atoms with Crippen molar-refractivity contribution in [2.75, 3.05) is 18.9 Å². The number of likely N-dealkylation sites (tertiary alicyclic amines) is 1. The summed E-state index contributed by atoms with van der Waals surface area (Å²) in [4.78, 5) is 27.9. The minimum atomic E-state index is -0.343. The van der Waals surface area contributed by atoms with Crippen LogP contribution >= 0.6 is 0 Å². The lowest BCUT2D eigenvalue weighted by molar-refractivity contribution is -0.886. The van der Waals surface area contributed by atoms with Gasteiger partial charge in [-0.25, -0.2) is 4.39 Å². The van der Waals surface area contributed by atoms with Gasteiger partial charge in [-0.3, -0.25) is 9.59 Å². The number of carbonyl (C=O) groups excluding carboxylic acids is 2. The van der Waals surface area contributed by atoms with Crippen LogP contribution in [-0.2, 0) is 9.59 Å². The van der Waals surface area contributed by atoms with Gasteiger partial charge >= 0.3 is 0 Å². The third-order valence-corrected chi connectivity index (χ3v) is 5.13. The van der Waals surface area contributed by atoms with E-state index in [4.69, 9.17) is 0 Å². The zero-order valence-corrected chi connectivity index (χ0v) is 15.5. The van der Waals surface area contributed by atoms with Crippen LogP contribution in [-0.4, -0.2) is 48.4 Å². The molecule has 1 fully saturated rings. The number of piperidine rings is 1.